The van der Waals surface area contributed by atoms with Gasteiger partial charge in [-0.1, -0.05) is 48.0 Å². The summed E-state index contributed by atoms with van der Waals surface area (Å²) in [5.41, 5.74) is 0.694. The van der Waals surface area contributed by atoms with Gasteiger partial charge in [0.25, 0.3) is 20.0 Å². The van der Waals surface area contributed by atoms with Crippen LogP contribution >= 0.6 is 11.6 Å². The Labute approximate surface area is 169 Å². The van der Waals surface area contributed by atoms with Crippen molar-refractivity contribution in [2.24, 2.45) is 0 Å². The zero-order valence-electron chi connectivity index (χ0n) is 14.8. The van der Waals surface area contributed by atoms with E-state index in [1.54, 1.807) is 43.3 Å². The van der Waals surface area contributed by atoms with Gasteiger partial charge in [-0.2, -0.15) is 0 Å². The molecule has 0 aromatic heterocycles. The highest BCUT2D eigenvalue weighted by atomic mass is 35.5. The zero-order chi connectivity index (χ0) is 20.4. The highest BCUT2D eigenvalue weighted by Crippen LogP contribution is 2.32. The molecule has 28 heavy (non-hydrogen) atoms. The van der Waals surface area contributed by atoms with Crippen molar-refractivity contribution in [3.8, 4) is 0 Å². The van der Waals surface area contributed by atoms with Crippen LogP contribution in [0, 0.1) is 6.92 Å². The number of nitrogens with one attached hydrogen (secondary N) is 2. The van der Waals surface area contributed by atoms with Crippen LogP contribution in [0.5, 0.6) is 0 Å². The molecule has 0 bridgehead atoms. The van der Waals surface area contributed by atoms with Crippen LogP contribution in [0.2, 0.25) is 5.02 Å². The molecule has 0 spiro atoms. The maximum atomic E-state index is 12.7. The van der Waals surface area contributed by atoms with Gasteiger partial charge in [-0.3, -0.25) is 9.44 Å². The van der Waals surface area contributed by atoms with Crippen LogP contribution < -0.4 is 9.44 Å². The predicted octanol–water partition coefficient (Wildman–Crippen LogP) is 4.25. The van der Waals surface area contributed by atoms with Crippen LogP contribution in [-0.4, -0.2) is 16.8 Å². The number of halogens is 1. The topological polar surface area (TPSA) is 92.3 Å². The third kappa shape index (κ3) is 4.46. The molecule has 3 aromatic rings. The lowest BCUT2D eigenvalue weighted by Crippen LogP contribution is -2.18. The average Bonchev–Trinajstić information content (AvgIpc) is 2.67. The molecule has 2 N–H and O–H groups in total. The molecule has 6 nitrogen and oxygen atoms in total. The standard InChI is InChI=1S/C19H17ClN2O4S2/c1-14-12-18(21-27(23,24)15-8-4-2-5-9-15)19(13-17(14)20)22-28(25,26)16-10-6-3-7-11-16/h2-13,21-22H,1H3. The Morgan fingerprint density at radius 3 is 1.50 bits per heavy atom. The van der Waals surface area contributed by atoms with Gasteiger partial charge in [0.05, 0.1) is 21.2 Å². The lowest BCUT2D eigenvalue weighted by atomic mass is 10.2. The van der Waals surface area contributed by atoms with Crippen molar-refractivity contribution in [1.82, 2.24) is 0 Å². The van der Waals surface area contributed by atoms with Crippen molar-refractivity contribution in [2.75, 3.05) is 9.44 Å². The lowest BCUT2D eigenvalue weighted by Gasteiger charge is -2.16. The Kier molecular flexibility index (Phi) is 5.64. The molecule has 0 unspecified atom stereocenters. The summed E-state index contributed by atoms with van der Waals surface area (Å²) in [7, 11) is -7.84. The van der Waals surface area contributed by atoms with E-state index >= 15 is 0 Å². The first kappa shape index (κ1) is 20.2. The Morgan fingerprint density at radius 2 is 1.07 bits per heavy atom. The molecule has 0 saturated heterocycles. The molecule has 0 atom stereocenters. The van der Waals surface area contributed by atoms with Gasteiger partial charge in [-0.25, -0.2) is 16.8 Å². The van der Waals surface area contributed by atoms with Crippen molar-refractivity contribution in [1.29, 1.82) is 0 Å². The van der Waals surface area contributed by atoms with Gasteiger partial charge in [0, 0.05) is 5.02 Å². The van der Waals surface area contributed by atoms with Crippen molar-refractivity contribution in [3.05, 3.63) is 83.4 Å². The van der Waals surface area contributed by atoms with Crippen molar-refractivity contribution in [3.63, 3.8) is 0 Å². The maximum absolute atomic E-state index is 12.7. The predicted molar refractivity (Wildman–Crippen MR) is 111 cm³/mol. The van der Waals surface area contributed by atoms with E-state index in [0.717, 1.165) is 0 Å². The van der Waals surface area contributed by atoms with Crippen molar-refractivity contribution < 1.29 is 16.8 Å². The number of sulfonamides is 2. The molecular formula is C19H17ClN2O4S2. The normalized spacial score (nSPS) is 11.8. The lowest BCUT2D eigenvalue weighted by molar-refractivity contribution is 0.599. The largest absolute Gasteiger partial charge is 0.277 e. The van der Waals surface area contributed by atoms with Gasteiger partial charge < -0.3 is 0 Å². The fourth-order valence-corrected chi connectivity index (χ4v) is 4.80. The van der Waals surface area contributed by atoms with E-state index in [0.29, 0.717) is 10.6 Å². The molecule has 3 aromatic carbocycles. The molecule has 0 aliphatic carbocycles. The summed E-state index contributed by atoms with van der Waals surface area (Å²) in [4.78, 5) is 0.100. The van der Waals surface area contributed by atoms with Gasteiger partial charge in [0.15, 0.2) is 0 Å². The molecule has 0 radical (unpaired) electrons. The Hall–Kier alpha value is -2.55. The van der Waals surface area contributed by atoms with Gasteiger partial charge in [-0.15, -0.1) is 0 Å². The summed E-state index contributed by atoms with van der Waals surface area (Å²) < 4.78 is 55.5. The van der Waals surface area contributed by atoms with Crippen LogP contribution in [0.4, 0.5) is 11.4 Å². The molecular weight excluding hydrogens is 420 g/mol. The summed E-state index contributed by atoms with van der Waals surface area (Å²) in [5.74, 6) is 0. The molecule has 0 amide bonds. The first-order valence-corrected chi connectivity index (χ1v) is 11.5. The smallest absolute Gasteiger partial charge is 0.261 e. The average molecular weight is 437 g/mol. The van der Waals surface area contributed by atoms with E-state index in [9.17, 15) is 16.8 Å². The summed E-state index contributed by atoms with van der Waals surface area (Å²) in [6.45, 7) is 1.69. The van der Waals surface area contributed by atoms with E-state index in [2.05, 4.69) is 9.44 Å². The minimum absolute atomic E-state index is 0.0268. The van der Waals surface area contributed by atoms with Crippen LogP contribution in [-0.2, 0) is 20.0 Å². The van der Waals surface area contributed by atoms with E-state index < -0.39 is 20.0 Å². The SMILES string of the molecule is Cc1cc(NS(=O)(=O)c2ccccc2)c(NS(=O)(=O)c2ccccc2)cc1Cl. The molecule has 146 valence electrons. The maximum Gasteiger partial charge on any atom is 0.261 e. The minimum Gasteiger partial charge on any atom is -0.277 e. The highest BCUT2D eigenvalue weighted by molar-refractivity contribution is 7.93. The number of hydrogen-bond donors (Lipinski definition) is 2. The number of aryl methyl sites for hydroxylation is 1. The second kappa shape index (κ2) is 7.83. The molecule has 0 fully saturated rings. The monoisotopic (exact) mass is 436 g/mol. The molecule has 3 rings (SSSR count). The van der Waals surface area contributed by atoms with Crippen LogP contribution in [0.3, 0.4) is 0 Å². The van der Waals surface area contributed by atoms with Crippen molar-refractivity contribution >= 4 is 43.0 Å². The van der Waals surface area contributed by atoms with E-state index in [1.165, 1.54) is 36.4 Å². The molecule has 0 saturated carbocycles. The fraction of sp³-hybridized carbons (Fsp3) is 0.0526. The van der Waals surface area contributed by atoms with Crippen LogP contribution in [0.1, 0.15) is 5.56 Å². The van der Waals surface area contributed by atoms with E-state index in [-0.39, 0.29) is 21.2 Å². The Balaban J connectivity index is 2.02. The van der Waals surface area contributed by atoms with Gasteiger partial charge >= 0.3 is 0 Å². The fourth-order valence-electron chi connectivity index (χ4n) is 2.46. The Bertz CT molecular complexity index is 1100. The zero-order valence-corrected chi connectivity index (χ0v) is 17.1. The number of benzene rings is 3. The molecule has 0 aliphatic heterocycles. The van der Waals surface area contributed by atoms with E-state index in [1.807, 2.05) is 0 Å². The van der Waals surface area contributed by atoms with Crippen LogP contribution in [0.15, 0.2) is 82.6 Å². The summed E-state index contributed by atoms with van der Waals surface area (Å²) in [6.07, 6.45) is 0. The van der Waals surface area contributed by atoms with Gasteiger partial charge in [0.2, 0.25) is 0 Å². The summed E-state index contributed by atoms with van der Waals surface area (Å²) in [5, 5.41) is 0.299. The number of rotatable bonds is 6. The van der Waals surface area contributed by atoms with Crippen molar-refractivity contribution in [2.45, 2.75) is 16.7 Å². The first-order valence-electron chi connectivity index (χ1n) is 8.15. The van der Waals surface area contributed by atoms with E-state index in [4.69, 9.17) is 11.6 Å². The minimum atomic E-state index is -3.93. The first-order chi connectivity index (χ1) is 13.2. The molecule has 0 heterocycles. The second-order valence-electron chi connectivity index (χ2n) is 5.98. The summed E-state index contributed by atoms with van der Waals surface area (Å²) >= 11 is 6.14. The number of anilines is 2. The Morgan fingerprint density at radius 1 is 0.679 bits per heavy atom. The van der Waals surface area contributed by atoms with Gasteiger partial charge in [0.1, 0.15) is 0 Å². The third-order valence-electron chi connectivity index (χ3n) is 3.89. The quantitative estimate of drug-likeness (QED) is 0.604. The van der Waals surface area contributed by atoms with Gasteiger partial charge in [-0.05, 0) is 48.9 Å². The molecule has 0 aliphatic rings. The second-order valence-corrected chi connectivity index (χ2v) is 9.76. The van der Waals surface area contributed by atoms with Crippen LogP contribution in [0.25, 0.3) is 0 Å². The highest BCUT2D eigenvalue weighted by Gasteiger charge is 2.20. The third-order valence-corrected chi connectivity index (χ3v) is 7.06. The number of hydrogen-bond acceptors (Lipinski definition) is 4. The summed E-state index contributed by atoms with van der Waals surface area (Å²) in [6, 6.07) is 18.4. The molecule has 9 heteroatoms.